The number of anilines is 1. The monoisotopic (exact) mass is 204 g/mol. The zero-order valence-corrected chi connectivity index (χ0v) is 8.13. The minimum atomic E-state index is -3.24. The molecule has 0 aliphatic carbocycles. The van der Waals surface area contributed by atoms with Crippen molar-refractivity contribution in [3.8, 4) is 0 Å². The van der Waals surface area contributed by atoms with Crippen LogP contribution in [0.4, 0.5) is 5.82 Å². The van der Waals surface area contributed by atoms with Gasteiger partial charge in [0.05, 0.1) is 11.9 Å². The van der Waals surface area contributed by atoms with Crippen LogP contribution < -0.4 is 4.72 Å². The van der Waals surface area contributed by atoms with Gasteiger partial charge < -0.3 is 0 Å². The van der Waals surface area contributed by atoms with Crippen molar-refractivity contribution in [3.63, 3.8) is 0 Å². The summed E-state index contributed by atoms with van der Waals surface area (Å²) in [6.07, 6.45) is 2.82. The van der Waals surface area contributed by atoms with Crippen LogP contribution in [0.1, 0.15) is 19.8 Å². The van der Waals surface area contributed by atoms with Crippen molar-refractivity contribution < 1.29 is 8.42 Å². The lowest BCUT2D eigenvalue weighted by Gasteiger charge is -2.02. The van der Waals surface area contributed by atoms with Gasteiger partial charge in [-0.1, -0.05) is 13.3 Å². The smallest absolute Gasteiger partial charge is 0.233 e. The maximum atomic E-state index is 11.3. The van der Waals surface area contributed by atoms with Crippen molar-refractivity contribution in [2.75, 3.05) is 10.5 Å². The molecule has 0 amide bonds. The van der Waals surface area contributed by atoms with Crippen LogP contribution in [0.3, 0.4) is 0 Å². The molecule has 6 nitrogen and oxygen atoms in total. The van der Waals surface area contributed by atoms with E-state index in [0.717, 1.165) is 6.42 Å². The number of aromatic amines is 1. The Hall–Kier alpha value is -1.11. The minimum Gasteiger partial charge on any atom is -0.265 e. The average Bonchev–Trinajstić information content (AvgIpc) is 2.52. The molecular formula is C6H12N4O2S. The highest BCUT2D eigenvalue weighted by Gasteiger charge is 2.10. The molecule has 0 unspecified atom stereocenters. The number of nitrogens with one attached hydrogen (secondary N) is 2. The third kappa shape index (κ3) is 3.41. The predicted octanol–water partition coefficient (Wildman–Crippen LogP) is 0.346. The topological polar surface area (TPSA) is 87.7 Å². The van der Waals surface area contributed by atoms with E-state index in [1.807, 2.05) is 6.92 Å². The number of unbranched alkanes of at least 4 members (excludes halogenated alkanes) is 1. The molecule has 13 heavy (non-hydrogen) atoms. The minimum absolute atomic E-state index is 0.121. The van der Waals surface area contributed by atoms with Crippen molar-refractivity contribution in [2.24, 2.45) is 0 Å². The van der Waals surface area contributed by atoms with Crippen LogP contribution >= 0.6 is 0 Å². The standard InChI is InChI=1S/C6H12N4O2S/c1-2-3-4-13(11,12)9-6-5-7-10-8-6/h5H,2-4H2,1H3,(H2,7,8,9,10). The van der Waals surface area contributed by atoms with Gasteiger partial charge in [-0.25, -0.2) is 8.42 Å². The summed E-state index contributed by atoms with van der Waals surface area (Å²) in [6, 6.07) is 0. The zero-order valence-electron chi connectivity index (χ0n) is 7.32. The maximum Gasteiger partial charge on any atom is 0.233 e. The third-order valence-corrected chi connectivity index (χ3v) is 2.79. The Morgan fingerprint density at radius 2 is 2.38 bits per heavy atom. The Morgan fingerprint density at radius 3 is 2.92 bits per heavy atom. The molecule has 0 spiro atoms. The van der Waals surface area contributed by atoms with E-state index < -0.39 is 10.0 Å². The molecule has 1 heterocycles. The molecule has 2 N–H and O–H groups in total. The molecule has 0 fully saturated rings. The lowest BCUT2D eigenvalue weighted by molar-refractivity contribution is 0.597. The molecule has 0 saturated heterocycles. The Bertz CT molecular complexity index is 332. The highest BCUT2D eigenvalue weighted by molar-refractivity contribution is 7.92. The summed E-state index contributed by atoms with van der Waals surface area (Å²) >= 11 is 0. The lowest BCUT2D eigenvalue weighted by atomic mass is 10.4. The summed E-state index contributed by atoms with van der Waals surface area (Å²) in [4.78, 5) is 0. The average molecular weight is 204 g/mol. The Labute approximate surface area is 76.8 Å². The van der Waals surface area contributed by atoms with E-state index in [9.17, 15) is 8.42 Å². The quantitative estimate of drug-likeness (QED) is 0.724. The van der Waals surface area contributed by atoms with Gasteiger partial charge in [-0.15, -0.1) is 5.10 Å². The van der Waals surface area contributed by atoms with E-state index >= 15 is 0 Å². The van der Waals surface area contributed by atoms with Crippen LogP contribution in [-0.2, 0) is 10.0 Å². The summed E-state index contributed by atoms with van der Waals surface area (Å²) in [5.41, 5.74) is 0. The zero-order chi connectivity index (χ0) is 9.73. The van der Waals surface area contributed by atoms with Gasteiger partial charge in [0.15, 0.2) is 5.82 Å². The van der Waals surface area contributed by atoms with E-state index in [1.165, 1.54) is 6.20 Å². The van der Waals surface area contributed by atoms with Gasteiger partial charge in [0.25, 0.3) is 0 Å². The van der Waals surface area contributed by atoms with Crippen LogP contribution in [0.25, 0.3) is 0 Å². The summed E-state index contributed by atoms with van der Waals surface area (Å²) < 4.78 is 24.8. The number of hydrogen-bond acceptors (Lipinski definition) is 4. The highest BCUT2D eigenvalue weighted by Crippen LogP contribution is 2.02. The second kappa shape index (κ2) is 4.22. The van der Waals surface area contributed by atoms with E-state index in [0.29, 0.717) is 6.42 Å². The lowest BCUT2D eigenvalue weighted by Crippen LogP contribution is -2.16. The van der Waals surface area contributed by atoms with Crippen molar-refractivity contribution in [1.82, 2.24) is 15.4 Å². The number of rotatable bonds is 5. The van der Waals surface area contributed by atoms with Gasteiger partial charge in [-0.3, -0.25) is 4.72 Å². The van der Waals surface area contributed by atoms with Gasteiger partial charge in [0, 0.05) is 0 Å². The first-order valence-corrected chi connectivity index (χ1v) is 5.65. The maximum absolute atomic E-state index is 11.3. The molecule has 7 heteroatoms. The Morgan fingerprint density at radius 1 is 1.62 bits per heavy atom. The van der Waals surface area contributed by atoms with E-state index in [1.54, 1.807) is 0 Å². The predicted molar refractivity (Wildman–Crippen MR) is 48.7 cm³/mol. The number of nitrogens with zero attached hydrogens (tertiary/aromatic N) is 2. The van der Waals surface area contributed by atoms with Gasteiger partial charge in [0.2, 0.25) is 10.0 Å². The van der Waals surface area contributed by atoms with Gasteiger partial charge in [0.1, 0.15) is 0 Å². The van der Waals surface area contributed by atoms with Crippen molar-refractivity contribution >= 4 is 15.8 Å². The fourth-order valence-electron chi connectivity index (χ4n) is 0.795. The van der Waals surface area contributed by atoms with Crippen molar-refractivity contribution in [2.45, 2.75) is 19.8 Å². The summed E-state index contributed by atoms with van der Waals surface area (Å²) in [5, 5.41) is 9.39. The fourth-order valence-corrected chi connectivity index (χ4v) is 1.98. The van der Waals surface area contributed by atoms with E-state index in [4.69, 9.17) is 0 Å². The normalized spacial score (nSPS) is 11.5. The summed E-state index contributed by atoms with van der Waals surface area (Å²) in [7, 11) is -3.24. The molecule has 0 aliphatic rings. The number of sulfonamides is 1. The Kier molecular flexibility index (Phi) is 3.24. The van der Waals surface area contributed by atoms with E-state index in [-0.39, 0.29) is 11.6 Å². The first kappa shape index (κ1) is 9.97. The van der Waals surface area contributed by atoms with Gasteiger partial charge in [-0.2, -0.15) is 10.3 Å². The number of hydrogen-bond donors (Lipinski definition) is 2. The molecular weight excluding hydrogens is 192 g/mol. The van der Waals surface area contributed by atoms with Gasteiger partial charge in [-0.05, 0) is 6.42 Å². The summed E-state index contributed by atoms with van der Waals surface area (Å²) in [5.74, 6) is 0.354. The van der Waals surface area contributed by atoms with Crippen LogP contribution in [0.5, 0.6) is 0 Å². The molecule has 0 radical (unpaired) electrons. The van der Waals surface area contributed by atoms with Gasteiger partial charge >= 0.3 is 0 Å². The Balaban J connectivity index is 2.53. The summed E-state index contributed by atoms with van der Waals surface area (Å²) in [6.45, 7) is 1.94. The van der Waals surface area contributed by atoms with Crippen molar-refractivity contribution in [1.29, 1.82) is 0 Å². The van der Waals surface area contributed by atoms with E-state index in [2.05, 4.69) is 20.1 Å². The largest absolute Gasteiger partial charge is 0.265 e. The highest BCUT2D eigenvalue weighted by atomic mass is 32.2. The molecule has 0 bridgehead atoms. The molecule has 0 aromatic carbocycles. The second-order valence-corrected chi connectivity index (χ2v) is 4.47. The molecule has 74 valence electrons. The molecule has 0 saturated carbocycles. The first-order valence-electron chi connectivity index (χ1n) is 4.00. The SMILES string of the molecule is CCCCS(=O)(=O)Nc1cn[nH]n1. The second-order valence-electron chi connectivity index (χ2n) is 2.63. The van der Waals surface area contributed by atoms with Crippen LogP contribution in [-0.4, -0.2) is 29.6 Å². The number of H-pyrrole nitrogens is 1. The first-order chi connectivity index (χ1) is 6.14. The van der Waals surface area contributed by atoms with Crippen LogP contribution in [0.15, 0.2) is 6.20 Å². The molecule has 0 aliphatic heterocycles. The molecule has 1 rings (SSSR count). The molecule has 1 aromatic heterocycles. The molecule has 1 aromatic rings. The van der Waals surface area contributed by atoms with Crippen molar-refractivity contribution in [3.05, 3.63) is 6.20 Å². The van der Waals surface area contributed by atoms with Crippen LogP contribution in [0.2, 0.25) is 0 Å². The number of aromatic nitrogens is 3. The fraction of sp³-hybridized carbons (Fsp3) is 0.667. The third-order valence-electron chi connectivity index (χ3n) is 1.44. The molecule has 0 atom stereocenters. The van der Waals surface area contributed by atoms with Crippen LogP contribution in [0, 0.1) is 0 Å².